The molecule has 172 valence electrons. The molecule has 0 aliphatic rings. The smallest absolute Gasteiger partial charge is 0.337 e. The number of aryl methyl sites for hydroxylation is 1. The minimum Gasteiger partial charge on any atom is -0.495 e. The lowest BCUT2D eigenvalue weighted by Crippen LogP contribution is -2.24. The Kier molecular flexibility index (Phi) is 8.08. The Labute approximate surface area is 200 Å². The van der Waals surface area contributed by atoms with Crippen molar-refractivity contribution >= 4 is 45.7 Å². The number of amides is 2. The first kappa shape index (κ1) is 24.3. The minimum absolute atomic E-state index is 0.266. The van der Waals surface area contributed by atoms with Gasteiger partial charge in [0, 0.05) is 17.0 Å². The van der Waals surface area contributed by atoms with Crippen LogP contribution in [-0.2, 0) is 17.7 Å². The van der Waals surface area contributed by atoms with Crippen LogP contribution >= 0.6 is 22.9 Å². The van der Waals surface area contributed by atoms with Crippen LogP contribution in [-0.4, -0.2) is 32.0 Å². The van der Waals surface area contributed by atoms with E-state index in [0.29, 0.717) is 32.5 Å². The van der Waals surface area contributed by atoms with E-state index in [9.17, 15) is 14.4 Å². The van der Waals surface area contributed by atoms with Crippen LogP contribution in [0.1, 0.15) is 48.4 Å². The maximum atomic E-state index is 12.9. The Balaban J connectivity index is 1.73. The summed E-state index contributed by atoms with van der Waals surface area (Å²) in [5, 5.41) is 6.59. The second-order valence-corrected chi connectivity index (χ2v) is 8.53. The molecular weight excluding hydrogens is 464 g/mol. The van der Waals surface area contributed by atoms with Crippen molar-refractivity contribution in [3.05, 3.63) is 80.7 Å². The highest BCUT2D eigenvalue weighted by Gasteiger charge is 2.19. The molecule has 0 radical (unpaired) electrons. The fourth-order valence-electron chi connectivity index (χ4n) is 3.03. The van der Waals surface area contributed by atoms with Gasteiger partial charge in [-0.15, -0.1) is 11.3 Å². The van der Waals surface area contributed by atoms with Crippen LogP contribution < -0.4 is 15.4 Å². The van der Waals surface area contributed by atoms with Gasteiger partial charge in [0.2, 0.25) is 0 Å². The van der Waals surface area contributed by atoms with Crippen molar-refractivity contribution in [1.29, 1.82) is 0 Å². The zero-order valence-corrected chi connectivity index (χ0v) is 19.9. The summed E-state index contributed by atoms with van der Waals surface area (Å²) in [5.41, 5.74) is 1.90. The van der Waals surface area contributed by atoms with E-state index in [1.54, 1.807) is 18.2 Å². The summed E-state index contributed by atoms with van der Waals surface area (Å²) in [5.74, 6) is -0.618. The third-order valence-corrected chi connectivity index (χ3v) is 6.33. The van der Waals surface area contributed by atoms with E-state index in [4.69, 9.17) is 16.3 Å². The van der Waals surface area contributed by atoms with Gasteiger partial charge in [0.1, 0.15) is 10.8 Å². The van der Waals surface area contributed by atoms with E-state index < -0.39 is 5.97 Å². The number of halogens is 1. The molecule has 0 aliphatic heterocycles. The Bertz CT molecular complexity index is 1170. The van der Waals surface area contributed by atoms with Crippen molar-refractivity contribution in [2.75, 3.05) is 19.5 Å². The summed E-state index contributed by atoms with van der Waals surface area (Å²) in [7, 11) is 2.83. The number of nitrogens with one attached hydrogen (secondary N) is 2. The summed E-state index contributed by atoms with van der Waals surface area (Å²) >= 11 is 7.50. The molecule has 0 saturated heterocycles. The molecule has 9 heteroatoms. The molecule has 0 atom stereocenters. The Morgan fingerprint density at radius 2 is 1.67 bits per heavy atom. The summed E-state index contributed by atoms with van der Waals surface area (Å²) in [6, 6.07) is 13.1. The molecule has 7 nitrogen and oxygen atoms in total. The maximum Gasteiger partial charge on any atom is 0.337 e. The highest BCUT2D eigenvalue weighted by molar-refractivity contribution is 7.16. The van der Waals surface area contributed by atoms with Gasteiger partial charge in [0.25, 0.3) is 11.8 Å². The molecule has 0 bridgehead atoms. The van der Waals surface area contributed by atoms with E-state index in [1.165, 1.54) is 49.8 Å². The normalized spacial score (nSPS) is 10.4. The largest absolute Gasteiger partial charge is 0.495 e. The van der Waals surface area contributed by atoms with Gasteiger partial charge in [-0.3, -0.25) is 9.59 Å². The predicted octanol–water partition coefficient (Wildman–Crippen LogP) is 4.94. The van der Waals surface area contributed by atoms with Gasteiger partial charge < -0.3 is 20.1 Å². The minimum atomic E-state index is -0.482. The van der Waals surface area contributed by atoms with Gasteiger partial charge in [-0.05, 0) is 54.4 Å². The van der Waals surface area contributed by atoms with Gasteiger partial charge >= 0.3 is 5.97 Å². The topological polar surface area (TPSA) is 93.7 Å². The number of hydrogen-bond donors (Lipinski definition) is 2. The average Bonchev–Trinajstić information content (AvgIpc) is 3.25. The third-order valence-electron chi connectivity index (χ3n) is 4.84. The summed E-state index contributed by atoms with van der Waals surface area (Å²) < 4.78 is 9.81. The van der Waals surface area contributed by atoms with Crippen molar-refractivity contribution in [1.82, 2.24) is 5.32 Å². The van der Waals surface area contributed by atoms with Crippen LogP contribution in [0.4, 0.5) is 5.00 Å². The molecule has 0 spiro atoms. The quantitative estimate of drug-likeness (QED) is 0.440. The van der Waals surface area contributed by atoms with Gasteiger partial charge in [-0.2, -0.15) is 0 Å². The first-order chi connectivity index (χ1) is 15.9. The van der Waals surface area contributed by atoms with E-state index in [1.807, 2.05) is 13.0 Å². The van der Waals surface area contributed by atoms with E-state index in [0.717, 1.165) is 16.9 Å². The molecule has 2 amide bonds. The van der Waals surface area contributed by atoms with Crippen molar-refractivity contribution in [2.24, 2.45) is 0 Å². The maximum absolute atomic E-state index is 12.9. The number of esters is 1. The van der Waals surface area contributed by atoms with E-state index >= 15 is 0 Å². The zero-order chi connectivity index (χ0) is 24.0. The first-order valence-electron chi connectivity index (χ1n) is 10.1. The molecule has 0 unspecified atom stereocenters. The molecule has 2 N–H and O–H groups in total. The molecule has 2 aromatic carbocycles. The second kappa shape index (κ2) is 11.0. The number of carbonyl (C=O) groups is 3. The zero-order valence-electron chi connectivity index (χ0n) is 18.4. The van der Waals surface area contributed by atoms with Crippen LogP contribution in [0.15, 0.2) is 48.5 Å². The summed E-state index contributed by atoms with van der Waals surface area (Å²) in [6.07, 6.45) is 0.725. The van der Waals surface area contributed by atoms with Crippen molar-refractivity contribution < 1.29 is 23.9 Å². The lowest BCUT2D eigenvalue weighted by molar-refractivity contribution is 0.0600. The Morgan fingerprint density at radius 3 is 2.27 bits per heavy atom. The molecule has 3 aromatic rings. The molecule has 1 aromatic heterocycles. The van der Waals surface area contributed by atoms with Gasteiger partial charge in [0.05, 0.1) is 30.4 Å². The van der Waals surface area contributed by atoms with Crippen LogP contribution in [0.2, 0.25) is 5.02 Å². The Hall–Kier alpha value is -3.36. The van der Waals surface area contributed by atoms with Crippen molar-refractivity contribution in [3.63, 3.8) is 0 Å². The van der Waals surface area contributed by atoms with Gasteiger partial charge in [-0.25, -0.2) is 4.79 Å². The molecule has 0 saturated carbocycles. The van der Waals surface area contributed by atoms with E-state index in [-0.39, 0.29) is 18.4 Å². The third kappa shape index (κ3) is 5.91. The highest BCUT2D eigenvalue weighted by atomic mass is 35.5. The molecule has 33 heavy (non-hydrogen) atoms. The molecule has 1 heterocycles. The fourth-order valence-corrected chi connectivity index (χ4v) is 4.29. The van der Waals surface area contributed by atoms with Crippen LogP contribution in [0.3, 0.4) is 0 Å². The Morgan fingerprint density at radius 1 is 0.970 bits per heavy atom. The SMILES string of the molecule is CCc1cc(C(=O)NCc2ccc(OC)c(Cl)c2)c(NC(=O)c2ccc(C(=O)OC)cc2)s1. The average molecular weight is 487 g/mol. The molecule has 0 fully saturated rings. The lowest BCUT2D eigenvalue weighted by atomic mass is 10.1. The monoisotopic (exact) mass is 486 g/mol. The number of benzene rings is 2. The number of rotatable bonds is 8. The summed E-state index contributed by atoms with van der Waals surface area (Å²) in [6.45, 7) is 2.24. The standard InChI is InChI=1S/C24H23ClN2O5S/c1-4-17-12-18(22(29)26-13-14-5-10-20(31-2)19(25)11-14)23(33-17)27-21(28)15-6-8-16(9-7-15)24(30)32-3/h5-12H,4,13H2,1-3H3,(H,26,29)(H,27,28). The number of carbonyl (C=O) groups excluding carboxylic acids is 3. The lowest BCUT2D eigenvalue weighted by Gasteiger charge is -2.09. The molecule has 3 rings (SSSR count). The number of methoxy groups -OCH3 is 2. The molecular formula is C24H23ClN2O5S. The van der Waals surface area contributed by atoms with E-state index in [2.05, 4.69) is 15.4 Å². The number of hydrogen-bond acceptors (Lipinski definition) is 6. The van der Waals surface area contributed by atoms with Crippen LogP contribution in [0.25, 0.3) is 0 Å². The number of thiophene rings is 1. The highest BCUT2D eigenvalue weighted by Crippen LogP contribution is 2.30. The van der Waals surface area contributed by atoms with Crippen LogP contribution in [0.5, 0.6) is 5.75 Å². The second-order valence-electron chi connectivity index (χ2n) is 6.98. The number of anilines is 1. The van der Waals surface area contributed by atoms with Gasteiger partial charge in [0.15, 0.2) is 0 Å². The first-order valence-corrected chi connectivity index (χ1v) is 11.3. The van der Waals surface area contributed by atoms with Gasteiger partial charge in [-0.1, -0.05) is 24.6 Å². The molecule has 0 aliphatic carbocycles. The van der Waals surface area contributed by atoms with Crippen molar-refractivity contribution in [2.45, 2.75) is 19.9 Å². The van der Waals surface area contributed by atoms with Crippen LogP contribution in [0, 0.1) is 0 Å². The van der Waals surface area contributed by atoms with Crippen molar-refractivity contribution in [3.8, 4) is 5.75 Å². The fraction of sp³-hybridized carbons (Fsp3) is 0.208. The predicted molar refractivity (Wildman–Crippen MR) is 129 cm³/mol. The number of ether oxygens (including phenoxy) is 2. The summed E-state index contributed by atoms with van der Waals surface area (Å²) in [4.78, 5) is 38.2.